The van der Waals surface area contributed by atoms with Crippen molar-refractivity contribution >= 4 is 11.4 Å². The van der Waals surface area contributed by atoms with E-state index in [2.05, 4.69) is 91.4 Å². The summed E-state index contributed by atoms with van der Waals surface area (Å²) in [7, 11) is 0. The lowest BCUT2D eigenvalue weighted by molar-refractivity contribution is 0.0550. The molecule has 1 heterocycles. The van der Waals surface area contributed by atoms with Gasteiger partial charge in [-0.05, 0) is 37.8 Å². The third-order valence-electron chi connectivity index (χ3n) is 6.59. The van der Waals surface area contributed by atoms with E-state index < -0.39 is 0 Å². The second kappa shape index (κ2) is 9.08. The van der Waals surface area contributed by atoms with E-state index >= 15 is 0 Å². The molecule has 2 atom stereocenters. The van der Waals surface area contributed by atoms with E-state index in [0.717, 1.165) is 19.4 Å². The number of nitrogens with zero attached hydrogens (tertiary/aromatic N) is 1. The van der Waals surface area contributed by atoms with Gasteiger partial charge in [0.2, 0.25) is 0 Å². The highest BCUT2D eigenvalue weighted by molar-refractivity contribution is 5.68. The van der Waals surface area contributed by atoms with Gasteiger partial charge in [0, 0.05) is 36.3 Å². The Hall–Kier alpha value is -2.20. The van der Waals surface area contributed by atoms with Gasteiger partial charge in [-0.3, -0.25) is 0 Å². The Morgan fingerprint density at radius 2 is 1.59 bits per heavy atom. The van der Waals surface area contributed by atoms with Crippen molar-refractivity contribution in [3.05, 3.63) is 84.7 Å². The number of hydrogen-bond acceptors (Lipinski definition) is 2. The summed E-state index contributed by atoms with van der Waals surface area (Å²) in [5.41, 5.74) is 3.73. The first-order valence-corrected chi connectivity index (χ1v) is 11.0. The molecular weight excluding hydrogens is 356 g/mol. The van der Waals surface area contributed by atoms with Gasteiger partial charge >= 0.3 is 0 Å². The summed E-state index contributed by atoms with van der Waals surface area (Å²) in [6, 6.07) is 19.3. The van der Waals surface area contributed by atoms with E-state index in [1.165, 1.54) is 36.2 Å². The van der Waals surface area contributed by atoms with E-state index in [1.807, 2.05) is 0 Å². The second-order valence-corrected chi connectivity index (χ2v) is 8.48. The standard InChI is InChI=1S/C26H33N2O/c1-21(26(29)22-12-4-2-5-13-22)27-20-23-14-8-9-17-25(23)28(18-10-11-19-28)24-15-6-3-7-16-24/h3,6-11,14-19,21-22,26-27,29H,2,4-5,12-13,20H2,1H3/q+1/t21?,26-/m1/s1. The number of hydrogen-bond donors (Lipinski definition) is 2. The molecule has 29 heavy (non-hydrogen) atoms. The molecule has 3 nitrogen and oxygen atoms in total. The normalized spacial score (nSPS) is 20.6. The van der Waals surface area contributed by atoms with Gasteiger partial charge in [-0.2, -0.15) is 0 Å². The highest BCUT2D eigenvalue weighted by Crippen LogP contribution is 2.40. The first-order chi connectivity index (χ1) is 14.2. The van der Waals surface area contributed by atoms with E-state index in [1.54, 1.807) is 0 Å². The molecule has 152 valence electrons. The van der Waals surface area contributed by atoms with Crippen LogP contribution in [-0.2, 0) is 6.54 Å². The molecule has 0 saturated heterocycles. The van der Waals surface area contributed by atoms with Crippen molar-refractivity contribution in [1.82, 2.24) is 9.80 Å². The zero-order valence-electron chi connectivity index (χ0n) is 17.4. The molecule has 1 fully saturated rings. The summed E-state index contributed by atoms with van der Waals surface area (Å²) in [5, 5.41) is 14.5. The number of rotatable bonds is 7. The van der Waals surface area contributed by atoms with E-state index in [4.69, 9.17) is 0 Å². The lowest BCUT2D eigenvalue weighted by Crippen LogP contribution is -2.42. The molecule has 1 aliphatic heterocycles. The third-order valence-corrected chi connectivity index (χ3v) is 6.59. The van der Waals surface area contributed by atoms with Crippen LogP contribution in [0.25, 0.3) is 0 Å². The summed E-state index contributed by atoms with van der Waals surface area (Å²) < 4.78 is 0.595. The molecule has 2 aromatic carbocycles. The predicted molar refractivity (Wildman–Crippen MR) is 122 cm³/mol. The van der Waals surface area contributed by atoms with Crippen molar-refractivity contribution in [2.75, 3.05) is 0 Å². The molecule has 0 radical (unpaired) electrons. The minimum atomic E-state index is -0.272. The Morgan fingerprint density at radius 3 is 2.31 bits per heavy atom. The van der Waals surface area contributed by atoms with Crippen LogP contribution in [-0.4, -0.2) is 17.3 Å². The Balaban J connectivity index is 1.54. The topological polar surface area (TPSA) is 32.3 Å². The van der Waals surface area contributed by atoms with Crippen LogP contribution in [0.4, 0.5) is 11.4 Å². The fourth-order valence-electron chi connectivity index (χ4n) is 4.86. The number of aliphatic hydroxyl groups excluding tert-OH is 1. The molecular formula is C26H33N2O+. The van der Waals surface area contributed by atoms with Crippen LogP contribution in [0.3, 0.4) is 0 Å². The van der Waals surface area contributed by atoms with E-state index in [-0.39, 0.29) is 12.1 Å². The summed E-state index contributed by atoms with van der Waals surface area (Å²) in [4.78, 5) is 0. The predicted octanol–water partition coefficient (Wildman–Crippen LogP) is 5.79. The Labute approximate surface area is 175 Å². The lowest BCUT2D eigenvalue weighted by atomic mass is 9.83. The van der Waals surface area contributed by atoms with Crippen LogP contribution in [0.5, 0.6) is 0 Å². The third kappa shape index (κ3) is 4.23. The van der Waals surface area contributed by atoms with Crippen molar-refractivity contribution in [3.8, 4) is 0 Å². The number of benzene rings is 2. The Kier molecular flexibility index (Phi) is 6.29. The Bertz CT molecular complexity index is 840. The van der Waals surface area contributed by atoms with Gasteiger partial charge in [0.1, 0.15) is 18.1 Å². The summed E-state index contributed by atoms with van der Waals surface area (Å²) in [6.45, 7) is 2.87. The maximum Gasteiger partial charge on any atom is 0.151 e. The van der Waals surface area contributed by atoms with Crippen molar-refractivity contribution in [2.45, 2.75) is 57.7 Å². The van der Waals surface area contributed by atoms with Crippen molar-refractivity contribution < 1.29 is 5.11 Å². The second-order valence-electron chi connectivity index (χ2n) is 8.48. The quantitative estimate of drug-likeness (QED) is 0.588. The molecule has 4 rings (SSSR count). The van der Waals surface area contributed by atoms with Crippen LogP contribution in [0.2, 0.25) is 0 Å². The van der Waals surface area contributed by atoms with Crippen molar-refractivity contribution in [3.63, 3.8) is 0 Å². The van der Waals surface area contributed by atoms with Gasteiger partial charge in [0.15, 0.2) is 5.69 Å². The number of quaternary nitrogens is 1. The number of aliphatic hydroxyl groups is 1. The molecule has 2 aliphatic rings. The van der Waals surface area contributed by atoms with Gasteiger partial charge in [0.05, 0.1) is 6.10 Å². The maximum atomic E-state index is 10.8. The minimum absolute atomic E-state index is 0.0843. The summed E-state index contributed by atoms with van der Waals surface area (Å²) in [6.07, 6.45) is 14.6. The van der Waals surface area contributed by atoms with Crippen LogP contribution < -0.4 is 9.80 Å². The van der Waals surface area contributed by atoms with Gasteiger partial charge in [0.25, 0.3) is 0 Å². The fourth-order valence-corrected chi connectivity index (χ4v) is 4.86. The highest BCUT2D eigenvalue weighted by atomic mass is 16.3. The molecule has 3 heteroatoms. The van der Waals surface area contributed by atoms with Crippen LogP contribution in [0.15, 0.2) is 79.1 Å². The summed E-state index contributed by atoms with van der Waals surface area (Å²) >= 11 is 0. The molecule has 2 N–H and O–H groups in total. The zero-order chi connectivity index (χ0) is 20.1. The van der Waals surface area contributed by atoms with Crippen molar-refractivity contribution in [1.29, 1.82) is 0 Å². The molecule has 0 aromatic heterocycles. The first-order valence-electron chi connectivity index (χ1n) is 11.0. The molecule has 1 unspecified atom stereocenters. The highest BCUT2D eigenvalue weighted by Gasteiger charge is 2.33. The Morgan fingerprint density at radius 1 is 0.931 bits per heavy atom. The monoisotopic (exact) mass is 389 g/mol. The van der Waals surface area contributed by atoms with Gasteiger partial charge in [-0.1, -0.05) is 55.7 Å². The molecule has 0 bridgehead atoms. The smallest absolute Gasteiger partial charge is 0.151 e. The largest absolute Gasteiger partial charge is 0.391 e. The number of para-hydroxylation sites is 2. The average Bonchev–Trinajstić information content (AvgIpc) is 3.29. The summed E-state index contributed by atoms with van der Waals surface area (Å²) in [5.74, 6) is 0.439. The maximum absolute atomic E-state index is 10.8. The van der Waals surface area contributed by atoms with Gasteiger partial charge in [-0.15, -0.1) is 0 Å². The number of allylic oxidation sites excluding steroid dienone is 2. The fraction of sp³-hybridized carbons (Fsp3) is 0.385. The zero-order valence-corrected chi connectivity index (χ0v) is 17.4. The van der Waals surface area contributed by atoms with Crippen molar-refractivity contribution in [2.24, 2.45) is 5.92 Å². The number of nitrogens with one attached hydrogen (secondary N) is 1. The lowest BCUT2D eigenvalue weighted by Gasteiger charge is -2.32. The molecule has 2 aromatic rings. The molecule has 0 amide bonds. The van der Waals surface area contributed by atoms with Crippen LogP contribution in [0, 0.1) is 5.92 Å². The average molecular weight is 390 g/mol. The molecule has 1 saturated carbocycles. The van der Waals surface area contributed by atoms with E-state index in [9.17, 15) is 5.11 Å². The van der Waals surface area contributed by atoms with E-state index in [0.29, 0.717) is 10.4 Å². The van der Waals surface area contributed by atoms with Gasteiger partial charge in [-0.25, -0.2) is 4.48 Å². The van der Waals surface area contributed by atoms with Crippen LogP contribution in [0.1, 0.15) is 44.6 Å². The van der Waals surface area contributed by atoms with Gasteiger partial charge < -0.3 is 10.4 Å². The van der Waals surface area contributed by atoms with Crippen LogP contribution >= 0.6 is 0 Å². The minimum Gasteiger partial charge on any atom is -0.391 e. The molecule has 1 aliphatic carbocycles. The SMILES string of the molecule is CC(NCc1ccccc1[N+]1(c2ccccc2)C=CC=C1)[C@@H](O)C1CCCCC1. The molecule has 0 spiro atoms. The first kappa shape index (κ1) is 20.1.